The molecule has 1 amide bonds. The van der Waals surface area contributed by atoms with Crippen molar-refractivity contribution in [1.82, 2.24) is 4.72 Å². The van der Waals surface area contributed by atoms with E-state index in [-0.39, 0.29) is 23.3 Å². The van der Waals surface area contributed by atoms with Crippen molar-refractivity contribution in [2.24, 2.45) is 0 Å². The Balaban J connectivity index is 1.53. The van der Waals surface area contributed by atoms with Crippen LogP contribution in [0.5, 0.6) is 0 Å². The SMILES string of the molecule is COC(=O)c1ccc(NC(=O)CCc2ccc(S(=O)(=O)N[C@H](C)c3ccccc3)cc2)cc1. The minimum Gasteiger partial charge on any atom is -0.465 e. The summed E-state index contributed by atoms with van der Waals surface area (Å²) >= 11 is 0. The fraction of sp³-hybridized carbons (Fsp3) is 0.200. The largest absolute Gasteiger partial charge is 0.465 e. The fourth-order valence-electron chi connectivity index (χ4n) is 3.23. The number of methoxy groups -OCH3 is 1. The van der Waals surface area contributed by atoms with Crippen LogP contribution < -0.4 is 10.0 Å². The van der Waals surface area contributed by atoms with Crippen LogP contribution in [0.15, 0.2) is 83.8 Å². The smallest absolute Gasteiger partial charge is 0.337 e. The van der Waals surface area contributed by atoms with E-state index in [9.17, 15) is 18.0 Å². The average molecular weight is 467 g/mol. The Labute approximate surface area is 193 Å². The van der Waals surface area contributed by atoms with E-state index in [1.54, 1.807) is 55.5 Å². The number of anilines is 1. The lowest BCUT2D eigenvalue weighted by molar-refractivity contribution is -0.116. The Morgan fingerprint density at radius 1 is 0.909 bits per heavy atom. The molecule has 172 valence electrons. The summed E-state index contributed by atoms with van der Waals surface area (Å²) in [5.41, 5.74) is 2.70. The Bertz CT molecular complexity index is 1190. The van der Waals surface area contributed by atoms with E-state index in [0.29, 0.717) is 17.7 Å². The number of carbonyl (C=O) groups is 2. The van der Waals surface area contributed by atoms with Crippen molar-refractivity contribution in [3.8, 4) is 0 Å². The van der Waals surface area contributed by atoms with Crippen LogP contribution in [0.2, 0.25) is 0 Å². The maximum absolute atomic E-state index is 12.7. The van der Waals surface area contributed by atoms with Crippen molar-refractivity contribution in [3.63, 3.8) is 0 Å². The second-order valence-electron chi connectivity index (χ2n) is 7.51. The van der Waals surface area contributed by atoms with Gasteiger partial charge in [-0.25, -0.2) is 17.9 Å². The van der Waals surface area contributed by atoms with Crippen LogP contribution in [-0.4, -0.2) is 27.4 Å². The summed E-state index contributed by atoms with van der Waals surface area (Å²) in [5.74, 6) is -0.626. The van der Waals surface area contributed by atoms with Crippen LogP contribution in [0, 0.1) is 0 Å². The number of ether oxygens (including phenoxy) is 1. The molecule has 33 heavy (non-hydrogen) atoms. The quantitative estimate of drug-likeness (QED) is 0.463. The molecule has 7 nitrogen and oxygen atoms in total. The van der Waals surface area contributed by atoms with Crippen molar-refractivity contribution in [2.75, 3.05) is 12.4 Å². The summed E-state index contributed by atoms with van der Waals surface area (Å²) in [7, 11) is -2.36. The van der Waals surface area contributed by atoms with Crippen LogP contribution in [0.1, 0.15) is 40.9 Å². The Kier molecular flexibility index (Phi) is 7.97. The summed E-state index contributed by atoms with van der Waals surface area (Å²) in [6.07, 6.45) is 0.689. The topological polar surface area (TPSA) is 102 Å². The fourth-order valence-corrected chi connectivity index (χ4v) is 4.47. The first-order valence-electron chi connectivity index (χ1n) is 10.4. The zero-order valence-electron chi connectivity index (χ0n) is 18.4. The maximum Gasteiger partial charge on any atom is 0.337 e. The molecule has 2 N–H and O–H groups in total. The number of carbonyl (C=O) groups excluding carboxylic acids is 2. The van der Waals surface area contributed by atoms with Crippen molar-refractivity contribution in [3.05, 3.63) is 95.6 Å². The van der Waals surface area contributed by atoms with Gasteiger partial charge in [0.15, 0.2) is 0 Å². The highest BCUT2D eigenvalue weighted by Crippen LogP contribution is 2.18. The maximum atomic E-state index is 12.7. The van der Waals surface area contributed by atoms with Crippen molar-refractivity contribution in [1.29, 1.82) is 0 Å². The van der Waals surface area contributed by atoms with Gasteiger partial charge in [-0.2, -0.15) is 0 Å². The van der Waals surface area contributed by atoms with E-state index in [1.165, 1.54) is 7.11 Å². The number of hydrogen-bond acceptors (Lipinski definition) is 5. The first-order valence-corrected chi connectivity index (χ1v) is 11.9. The third kappa shape index (κ3) is 6.74. The molecule has 3 aromatic carbocycles. The van der Waals surface area contributed by atoms with Gasteiger partial charge in [0.05, 0.1) is 17.6 Å². The Hall–Kier alpha value is -3.49. The number of hydrogen-bond donors (Lipinski definition) is 2. The van der Waals surface area contributed by atoms with Crippen molar-refractivity contribution >= 4 is 27.6 Å². The summed E-state index contributed by atoms with van der Waals surface area (Å²) < 4.78 is 32.7. The number of benzene rings is 3. The predicted molar refractivity (Wildman–Crippen MR) is 126 cm³/mol. The molecule has 0 fully saturated rings. The highest BCUT2D eigenvalue weighted by Gasteiger charge is 2.18. The van der Waals surface area contributed by atoms with E-state index >= 15 is 0 Å². The molecule has 1 atom stereocenters. The Morgan fingerprint density at radius 3 is 2.15 bits per heavy atom. The van der Waals surface area contributed by atoms with Gasteiger partial charge < -0.3 is 10.1 Å². The Morgan fingerprint density at radius 2 is 1.55 bits per heavy atom. The zero-order valence-corrected chi connectivity index (χ0v) is 19.3. The van der Waals surface area contributed by atoms with Gasteiger partial charge in [-0.3, -0.25) is 4.79 Å². The molecule has 0 saturated heterocycles. The molecule has 0 radical (unpaired) electrons. The van der Waals surface area contributed by atoms with Gasteiger partial charge in [0.25, 0.3) is 0 Å². The van der Waals surface area contributed by atoms with Gasteiger partial charge in [-0.1, -0.05) is 42.5 Å². The summed E-state index contributed by atoms with van der Waals surface area (Å²) in [5, 5.41) is 2.77. The van der Waals surface area contributed by atoms with Crippen molar-refractivity contribution in [2.45, 2.75) is 30.7 Å². The molecular formula is C25H26N2O5S. The predicted octanol–water partition coefficient (Wildman–Crippen LogP) is 4.08. The van der Waals surface area contributed by atoms with Crippen LogP contribution >= 0.6 is 0 Å². The van der Waals surface area contributed by atoms with Crippen LogP contribution in [-0.2, 0) is 26.0 Å². The lowest BCUT2D eigenvalue weighted by Gasteiger charge is -2.15. The highest BCUT2D eigenvalue weighted by molar-refractivity contribution is 7.89. The molecule has 0 saturated carbocycles. The van der Waals surface area contributed by atoms with Gasteiger partial charge in [0, 0.05) is 18.2 Å². The van der Waals surface area contributed by atoms with Crippen LogP contribution in [0.4, 0.5) is 5.69 Å². The molecule has 0 unspecified atom stereocenters. The highest BCUT2D eigenvalue weighted by atomic mass is 32.2. The van der Waals surface area contributed by atoms with Crippen molar-refractivity contribution < 1.29 is 22.7 Å². The zero-order chi connectivity index (χ0) is 23.8. The monoisotopic (exact) mass is 466 g/mol. The summed E-state index contributed by atoms with van der Waals surface area (Å²) in [6, 6.07) is 21.9. The van der Waals surface area contributed by atoms with Crippen LogP contribution in [0.3, 0.4) is 0 Å². The molecule has 0 heterocycles. The number of sulfonamides is 1. The molecule has 8 heteroatoms. The van der Waals surface area contributed by atoms with Gasteiger partial charge in [-0.15, -0.1) is 0 Å². The molecule has 0 spiro atoms. The van der Waals surface area contributed by atoms with Gasteiger partial charge in [0.2, 0.25) is 15.9 Å². The van der Waals surface area contributed by atoms with Gasteiger partial charge in [-0.05, 0) is 60.9 Å². The first kappa shape index (κ1) is 24.2. The normalized spacial score (nSPS) is 12.1. The second-order valence-corrected chi connectivity index (χ2v) is 9.23. The third-order valence-corrected chi connectivity index (χ3v) is 6.65. The van der Waals surface area contributed by atoms with E-state index in [1.807, 2.05) is 30.3 Å². The minimum atomic E-state index is -3.67. The van der Waals surface area contributed by atoms with E-state index in [0.717, 1.165) is 11.1 Å². The van der Waals surface area contributed by atoms with Gasteiger partial charge >= 0.3 is 5.97 Å². The summed E-state index contributed by atoms with van der Waals surface area (Å²) in [4.78, 5) is 23.9. The molecular weight excluding hydrogens is 440 g/mol. The minimum absolute atomic E-state index is 0.171. The number of amides is 1. The second kappa shape index (κ2) is 10.9. The third-order valence-electron chi connectivity index (χ3n) is 5.10. The molecule has 3 aromatic rings. The average Bonchev–Trinajstić information content (AvgIpc) is 2.83. The molecule has 0 bridgehead atoms. The molecule has 0 aliphatic heterocycles. The van der Waals surface area contributed by atoms with Gasteiger partial charge in [0.1, 0.15) is 0 Å². The van der Waals surface area contributed by atoms with Crippen LogP contribution in [0.25, 0.3) is 0 Å². The molecule has 0 aliphatic carbocycles. The van der Waals surface area contributed by atoms with E-state index in [4.69, 9.17) is 0 Å². The molecule has 3 rings (SSSR count). The standard InChI is InChI=1S/C25H26N2O5S/c1-18(20-6-4-3-5-7-20)27-33(30,31)23-15-8-19(9-16-23)10-17-24(28)26-22-13-11-21(12-14-22)25(29)32-2/h3-9,11-16,18,27H,10,17H2,1-2H3,(H,26,28)/t18-/m1/s1. The molecule has 0 aliphatic rings. The lowest BCUT2D eigenvalue weighted by atomic mass is 10.1. The molecule has 0 aromatic heterocycles. The van der Waals surface area contributed by atoms with E-state index in [2.05, 4.69) is 14.8 Å². The number of rotatable bonds is 9. The first-order chi connectivity index (χ1) is 15.8. The lowest BCUT2D eigenvalue weighted by Crippen LogP contribution is -2.26. The number of aryl methyl sites for hydroxylation is 1. The number of esters is 1. The van der Waals surface area contributed by atoms with E-state index < -0.39 is 16.0 Å². The number of nitrogens with one attached hydrogen (secondary N) is 2. The summed E-state index contributed by atoms with van der Waals surface area (Å²) in [6.45, 7) is 1.79.